The molecular weight excluding hydrogens is 477 g/mol. The van der Waals surface area contributed by atoms with Gasteiger partial charge in [-0.2, -0.15) is 0 Å². The molecule has 0 bridgehead atoms. The molecule has 0 amide bonds. The molecular formula is C21H30IN7. The van der Waals surface area contributed by atoms with Crippen LogP contribution in [0.4, 0.5) is 0 Å². The lowest BCUT2D eigenvalue weighted by molar-refractivity contribution is 0.259. The molecule has 0 saturated carbocycles. The lowest BCUT2D eigenvalue weighted by Gasteiger charge is -2.25. The minimum atomic E-state index is 0. The highest BCUT2D eigenvalue weighted by atomic mass is 127. The van der Waals surface area contributed by atoms with E-state index in [1.54, 1.807) is 0 Å². The predicted octanol–water partition coefficient (Wildman–Crippen LogP) is 2.33. The molecule has 4 rings (SSSR count). The summed E-state index contributed by atoms with van der Waals surface area (Å²) in [5, 5.41) is 12.0. The third-order valence-electron chi connectivity index (χ3n) is 5.67. The molecule has 3 heterocycles. The summed E-state index contributed by atoms with van der Waals surface area (Å²) >= 11 is 0. The predicted molar refractivity (Wildman–Crippen MR) is 126 cm³/mol. The van der Waals surface area contributed by atoms with Gasteiger partial charge in [0.25, 0.3) is 0 Å². The molecule has 1 fully saturated rings. The Hall–Kier alpha value is -1.94. The van der Waals surface area contributed by atoms with E-state index in [0.29, 0.717) is 19.1 Å². The molecule has 8 heteroatoms. The number of aryl methyl sites for hydroxylation is 1. The molecule has 29 heavy (non-hydrogen) atoms. The van der Waals surface area contributed by atoms with Gasteiger partial charge in [-0.25, -0.2) is 4.99 Å². The quantitative estimate of drug-likeness (QED) is 0.292. The topological polar surface area (TPSA) is 61.6 Å². The number of guanidine groups is 1. The van der Waals surface area contributed by atoms with Gasteiger partial charge in [-0.15, -0.1) is 34.2 Å². The fraction of sp³-hybridized carbons (Fsp3) is 0.476. The summed E-state index contributed by atoms with van der Waals surface area (Å²) in [6.45, 7) is 7.45. The van der Waals surface area contributed by atoms with Gasteiger partial charge >= 0.3 is 0 Å². The number of benzene rings is 1. The van der Waals surface area contributed by atoms with Crippen molar-refractivity contribution < 1.29 is 0 Å². The summed E-state index contributed by atoms with van der Waals surface area (Å²) in [5.74, 6) is 2.80. The molecule has 1 N–H and O–H groups in total. The van der Waals surface area contributed by atoms with Crippen molar-refractivity contribution in [3.05, 3.63) is 59.7 Å². The Morgan fingerprint density at radius 1 is 1.17 bits per heavy atom. The molecule has 1 aromatic heterocycles. The van der Waals surface area contributed by atoms with E-state index in [-0.39, 0.29) is 24.0 Å². The second-order valence-corrected chi connectivity index (χ2v) is 7.52. The van der Waals surface area contributed by atoms with Crippen LogP contribution in [0.3, 0.4) is 0 Å². The van der Waals surface area contributed by atoms with E-state index in [1.807, 2.05) is 24.6 Å². The highest BCUT2D eigenvalue weighted by molar-refractivity contribution is 14.0. The van der Waals surface area contributed by atoms with Crippen molar-refractivity contribution in [3.8, 4) is 0 Å². The third-order valence-corrected chi connectivity index (χ3v) is 5.67. The van der Waals surface area contributed by atoms with Crippen molar-refractivity contribution in [2.45, 2.75) is 32.5 Å². The highest BCUT2D eigenvalue weighted by Crippen LogP contribution is 2.18. The van der Waals surface area contributed by atoms with Crippen LogP contribution in [0.15, 0.2) is 47.5 Å². The number of aliphatic imine (C=N–C) groups is 1. The molecule has 0 aliphatic carbocycles. The fourth-order valence-corrected chi connectivity index (χ4v) is 3.81. The van der Waals surface area contributed by atoms with Crippen LogP contribution in [-0.4, -0.2) is 62.7 Å². The van der Waals surface area contributed by atoms with Crippen molar-refractivity contribution >= 4 is 29.9 Å². The minimum Gasteiger partial charge on any atom is -0.349 e. The first-order valence-corrected chi connectivity index (χ1v) is 10.0. The van der Waals surface area contributed by atoms with Crippen molar-refractivity contribution in [3.63, 3.8) is 0 Å². The van der Waals surface area contributed by atoms with Gasteiger partial charge < -0.3 is 14.8 Å². The Morgan fingerprint density at radius 2 is 1.93 bits per heavy atom. The Kier molecular flexibility index (Phi) is 7.65. The second kappa shape index (κ2) is 10.2. The van der Waals surface area contributed by atoms with Crippen molar-refractivity contribution in [2.75, 3.05) is 26.2 Å². The number of nitrogens with zero attached hydrogens (tertiary/aromatic N) is 6. The molecule has 0 radical (unpaired) electrons. The number of hydrogen-bond acceptors (Lipinski definition) is 4. The SMILES string of the molecule is Cc1nnc(CNC(=NCc2ccccc2)N2CCC(N3CC=CC3)C2)n1C.I. The van der Waals surface area contributed by atoms with Crippen molar-refractivity contribution in [1.29, 1.82) is 0 Å². The van der Waals surface area contributed by atoms with E-state index in [2.05, 4.69) is 61.7 Å². The van der Waals surface area contributed by atoms with Gasteiger partial charge in [-0.3, -0.25) is 4.90 Å². The van der Waals surface area contributed by atoms with Crippen LogP contribution in [0.25, 0.3) is 0 Å². The average Bonchev–Trinajstić information content (AvgIpc) is 3.46. The monoisotopic (exact) mass is 507 g/mol. The number of likely N-dealkylation sites (tertiary alicyclic amines) is 1. The largest absolute Gasteiger partial charge is 0.349 e. The Labute approximate surface area is 189 Å². The summed E-state index contributed by atoms with van der Waals surface area (Å²) in [5.41, 5.74) is 1.22. The van der Waals surface area contributed by atoms with E-state index in [0.717, 1.165) is 43.8 Å². The fourth-order valence-electron chi connectivity index (χ4n) is 3.81. The summed E-state index contributed by atoms with van der Waals surface area (Å²) in [7, 11) is 2.00. The van der Waals surface area contributed by atoms with E-state index in [1.165, 1.54) is 12.0 Å². The molecule has 2 aromatic rings. The van der Waals surface area contributed by atoms with Gasteiger partial charge in [0.05, 0.1) is 13.1 Å². The maximum absolute atomic E-state index is 4.93. The molecule has 1 unspecified atom stereocenters. The Balaban J connectivity index is 0.00000240. The van der Waals surface area contributed by atoms with E-state index < -0.39 is 0 Å². The zero-order valence-electron chi connectivity index (χ0n) is 17.2. The first-order chi connectivity index (χ1) is 13.7. The van der Waals surface area contributed by atoms with Crippen LogP contribution in [0.1, 0.15) is 23.6 Å². The van der Waals surface area contributed by atoms with Crippen LogP contribution >= 0.6 is 24.0 Å². The molecule has 1 saturated heterocycles. The maximum atomic E-state index is 4.93. The first-order valence-electron chi connectivity index (χ1n) is 10.0. The standard InChI is InChI=1S/C21H29N7.HI/c1-17-24-25-20(26(17)2)15-23-21(22-14-18-8-4-3-5-9-18)28-13-10-19(16-28)27-11-6-7-12-27;/h3-9,19H,10-16H2,1-2H3,(H,22,23);1H. The highest BCUT2D eigenvalue weighted by Gasteiger charge is 2.29. The lowest BCUT2D eigenvalue weighted by atomic mass is 10.2. The average molecular weight is 507 g/mol. The molecule has 1 atom stereocenters. The normalized spacial score (nSPS) is 19.6. The van der Waals surface area contributed by atoms with Gasteiger partial charge in [-0.05, 0) is 18.9 Å². The summed E-state index contributed by atoms with van der Waals surface area (Å²) < 4.78 is 2.02. The van der Waals surface area contributed by atoms with Crippen LogP contribution < -0.4 is 5.32 Å². The van der Waals surface area contributed by atoms with E-state index in [9.17, 15) is 0 Å². The van der Waals surface area contributed by atoms with Crippen molar-refractivity contribution in [1.82, 2.24) is 29.9 Å². The van der Waals surface area contributed by atoms with E-state index >= 15 is 0 Å². The van der Waals surface area contributed by atoms with Gasteiger partial charge in [0.2, 0.25) is 0 Å². The van der Waals surface area contributed by atoms with Crippen LogP contribution in [-0.2, 0) is 20.1 Å². The van der Waals surface area contributed by atoms with Gasteiger partial charge in [-0.1, -0.05) is 42.5 Å². The van der Waals surface area contributed by atoms with Crippen LogP contribution in [0.2, 0.25) is 0 Å². The molecule has 156 valence electrons. The Morgan fingerprint density at radius 3 is 2.62 bits per heavy atom. The van der Waals surface area contributed by atoms with Crippen LogP contribution in [0.5, 0.6) is 0 Å². The van der Waals surface area contributed by atoms with Gasteiger partial charge in [0, 0.05) is 39.3 Å². The minimum absolute atomic E-state index is 0. The second-order valence-electron chi connectivity index (χ2n) is 7.52. The van der Waals surface area contributed by atoms with E-state index in [4.69, 9.17) is 4.99 Å². The van der Waals surface area contributed by atoms with Gasteiger partial charge in [0.1, 0.15) is 5.82 Å². The number of halogens is 1. The number of aromatic nitrogens is 3. The van der Waals surface area contributed by atoms with Crippen molar-refractivity contribution in [2.24, 2.45) is 12.0 Å². The first kappa shape index (κ1) is 21.8. The third kappa shape index (κ3) is 5.36. The summed E-state index contributed by atoms with van der Waals surface area (Å²) in [6.07, 6.45) is 5.71. The molecule has 2 aliphatic rings. The zero-order chi connectivity index (χ0) is 19.3. The zero-order valence-corrected chi connectivity index (χ0v) is 19.5. The molecule has 2 aliphatic heterocycles. The number of rotatable bonds is 5. The maximum Gasteiger partial charge on any atom is 0.194 e. The smallest absolute Gasteiger partial charge is 0.194 e. The van der Waals surface area contributed by atoms with Crippen LogP contribution in [0, 0.1) is 6.92 Å². The molecule has 1 aromatic carbocycles. The number of nitrogens with one attached hydrogen (secondary N) is 1. The Bertz CT molecular complexity index is 838. The molecule has 7 nitrogen and oxygen atoms in total. The molecule has 0 spiro atoms. The summed E-state index contributed by atoms with van der Waals surface area (Å²) in [6, 6.07) is 11.0. The lowest BCUT2D eigenvalue weighted by Crippen LogP contribution is -2.43. The summed E-state index contributed by atoms with van der Waals surface area (Å²) in [4.78, 5) is 9.86. The van der Waals surface area contributed by atoms with Gasteiger partial charge in [0.15, 0.2) is 11.8 Å². The number of hydrogen-bond donors (Lipinski definition) is 1.